The molecular formula is C25H28N2O5S. The molecule has 0 saturated heterocycles. The number of carbonyl (C=O) groups excluding carboxylic acids is 1. The van der Waals surface area contributed by atoms with Gasteiger partial charge in [0, 0.05) is 12.6 Å². The molecule has 0 saturated carbocycles. The number of methoxy groups -OCH3 is 1. The molecule has 3 aromatic rings. The van der Waals surface area contributed by atoms with Gasteiger partial charge in [0.1, 0.15) is 18.0 Å². The Balaban J connectivity index is 1.81. The molecule has 0 unspecified atom stereocenters. The van der Waals surface area contributed by atoms with Crippen LogP contribution in [0.25, 0.3) is 0 Å². The Morgan fingerprint density at radius 2 is 1.64 bits per heavy atom. The van der Waals surface area contributed by atoms with Gasteiger partial charge in [0.2, 0.25) is 5.91 Å². The number of ether oxygens (including phenoxy) is 2. The number of sulfonamides is 1. The van der Waals surface area contributed by atoms with Gasteiger partial charge in [-0.1, -0.05) is 36.4 Å². The van der Waals surface area contributed by atoms with Crippen LogP contribution in [0.4, 0.5) is 5.69 Å². The van der Waals surface area contributed by atoms with E-state index in [1.807, 2.05) is 38.1 Å². The molecule has 8 heteroatoms. The maximum atomic E-state index is 13.4. The lowest BCUT2D eigenvalue weighted by atomic mass is 10.2. The van der Waals surface area contributed by atoms with Crippen molar-refractivity contribution in [2.24, 2.45) is 0 Å². The minimum Gasteiger partial charge on any atom is -0.497 e. The van der Waals surface area contributed by atoms with Gasteiger partial charge in [-0.3, -0.25) is 9.10 Å². The second-order valence-corrected chi connectivity index (χ2v) is 9.48. The van der Waals surface area contributed by atoms with Crippen LogP contribution >= 0.6 is 0 Å². The largest absolute Gasteiger partial charge is 0.497 e. The number of rotatable bonds is 10. The van der Waals surface area contributed by atoms with Crippen LogP contribution in [0.2, 0.25) is 0 Å². The van der Waals surface area contributed by atoms with Gasteiger partial charge in [-0.25, -0.2) is 8.42 Å². The number of hydrogen-bond acceptors (Lipinski definition) is 5. The average molecular weight is 469 g/mol. The predicted molar refractivity (Wildman–Crippen MR) is 128 cm³/mol. The zero-order chi connectivity index (χ0) is 23.8. The van der Waals surface area contributed by atoms with Crippen LogP contribution in [-0.4, -0.2) is 34.1 Å². The Bertz CT molecular complexity index is 1180. The van der Waals surface area contributed by atoms with E-state index in [2.05, 4.69) is 5.32 Å². The molecule has 33 heavy (non-hydrogen) atoms. The number of amides is 1. The van der Waals surface area contributed by atoms with E-state index in [-0.39, 0.29) is 24.1 Å². The zero-order valence-corrected chi connectivity index (χ0v) is 19.7. The van der Waals surface area contributed by atoms with E-state index in [1.165, 1.54) is 19.2 Å². The highest BCUT2D eigenvalue weighted by Crippen LogP contribution is 2.26. The second-order valence-electron chi connectivity index (χ2n) is 7.62. The first kappa shape index (κ1) is 24.1. The van der Waals surface area contributed by atoms with Gasteiger partial charge in [-0.2, -0.15) is 0 Å². The van der Waals surface area contributed by atoms with Crippen LogP contribution in [0.5, 0.6) is 11.5 Å². The lowest BCUT2D eigenvalue weighted by Crippen LogP contribution is -2.40. The first-order valence-corrected chi connectivity index (χ1v) is 12.0. The molecule has 3 aromatic carbocycles. The first-order chi connectivity index (χ1) is 15.8. The predicted octanol–water partition coefficient (Wildman–Crippen LogP) is 3.99. The Morgan fingerprint density at radius 3 is 2.33 bits per heavy atom. The van der Waals surface area contributed by atoms with Crippen LogP contribution < -0.4 is 19.1 Å². The van der Waals surface area contributed by atoms with Crippen LogP contribution in [0.15, 0.2) is 83.8 Å². The van der Waals surface area contributed by atoms with Crippen molar-refractivity contribution in [1.29, 1.82) is 0 Å². The SMILES string of the molecule is COc1cccc(N(CC(=O)NCc2cccc(OC(C)C)c2)S(=O)(=O)c2ccccc2)c1. The summed E-state index contributed by atoms with van der Waals surface area (Å²) in [4.78, 5) is 12.9. The molecule has 7 nitrogen and oxygen atoms in total. The lowest BCUT2D eigenvalue weighted by Gasteiger charge is -2.24. The highest BCUT2D eigenvalue weighted by molar-refractivity contribution is 7.92. The molecule has 0 radical (unpaired) electrons. The van der Waals surface area contributed by atoms with E-state index >= 15 is 0 Å². The summed E-state index contributed by atoms with van der Waals surface area (Å²) in [6.07, 6.45) is 0.0365. The summed E-state index contributed by atoms with van der Waals surface area (Å²) in [5.74, 6) is 0.761. The number of anilines is 1. The monoisotopic (exact) mass is 468 g/mol. The smallest absolute Gasteiger partial charge is 0.264 e. The molecule has 0 bridgehead atoms. The number of nitrogens with one attached hydrogen (secondary N) is 1. The van der Waals surface area contributed by atoms with E-state index in [0.29, 0.717) is 17.2 Å². The zero-order valence-electron chi connectivity index (χ0n) is 18.9. The van der Waals surface area contributed by atoms with Gasteiger partial charge in [0.15, 0.2) is 0 Å². The number of benzene rings is 3. The quantitative estimate of drug-likeness (QED) is 0.486. The van der Waals surface area contributed by atoms with E-state index in [9.17, 15) is 13.2 Å². The van der Waals surface area contributed by atoms with E-state index in [0.717, 1.165) is 9.87 Å². The van der Waals surface area contributed by atoms with Crippen LogP contribution in [0, 0.1) is 0 Å². The maximum Gasteiger partial charge on any atom is 0.264 e. The molecule has 0 aromatic heterocycles. The molecule has 0 fully saturated rings. The summed E-state index contributed by atoms with van der Waals surface area (Å²) in [6, 6.07) is 22.0. The summed E-state index contributed by atoms with van der Waals surface area (Å²) >= 11 is 0. The van der Waals surface area contributed by atoms with Gasteiger partial charge in [-0.15, -0.1) is 0 Å². The normalized spacial score (nSPS) is 11.2. The average Bonchev–Trinajstić information content (AvgIpc) is 2.81. The summed E-state index contributed by atoms with van der Waals surface area (Å²) in [5, 5.41) is 2.80. The highest BCUT2D eigenvalue weighted by Gasteiger charge is 2.27. The number of nitrogens with zero attached hydrogens (tertiary/aromatic N) is 1. The Morgan fingerprint density at radius 1 is 0.939 bits per heavy atom. The molecule has 1 N–H and O–H groups in total. The Labute approximate surface area is 195 Å². The van der Waals surface area contributed by atoms with E-state index < -0.39 is 15.9 Å². The summed E-state index contributed by atoms with van der Waals surface area (Å²) < 4.78 is 38.8. The third-order valence-corrected chi connectivity index (χ3v) is 6.51. The molecule has 0 aliphatic rings. The molecule has 0 atom stereocenters. The van der Waals surface area contributed by atoms with Crippen molar-refractivity contribution in [1.82, 2.24) is 5.32 Å². The first-order valence-electron chi connectivity index (χ1n) is 10.5. The maximum absolute atomic E-state index is 13.4. The fourth-order valence-electron chi connectivity index (χ4n) is 3.19. The molecule has 0 aliphatic heterocycles. The molecule has 0 aliphatic carbocycles. The Kier molecular flexibility index (Phi) is 7.95. The summed E-state index contributed by atoms with van der Waals surface area (Å²) in [6.45, 7) is 3.74. The van der Waals surface area contributed by atoms with Gasteiger partial charge in [0.05, 0.1) is 23.8 Å². The van der Waals surface area contributed by atoms with Gasteiger partial charge < -0.3 is 14.8 Å². The van der Waals surface area contributed by atoms with Crippen molar-refractivity contribution in [3.05, 3.63) is 84.4 Å². The van der Waals surface area contributed by atoms with Gasteiger partial charge >= 0.3 is 0 Å². The Hall–Kier alpha value is -3.52. The topological polar surface area (TPSA) is 84.9 Å². The van der Waals surface area contributed by atoms with Gasteiger partial charge in [-0.05, 0) is 55.8 Å². The lowest BCUT2D eigenvalue weighted by molar-refractivity contribution is -0.119. The van der Waals surface area contributed by atoms with Crippen molar-refractivity contribution in [3.8, 4) is 11.5 Å². The summed E-state index contributed by atoms with van der Waals surface area (Å²) in [7, 11) is -2.48. The van der Waals surface area contributed by atoms with Crippen molar-refractivity contribution in [3.63, 3.8) is 0 Å². The van der Waals surface area contributed by atoms with Crippen molar-refractivity contribution in [2.75, 3.05) is 18.0 Å². The third kappa shape index (κ3) is 6.49. The van der Waals surface area contributed by atoms with Crippen LogP contribution in [0.1, 0.15) is 19.4 Å². The molecule has 1 amide bonds. The highest BCUT2D eigenvalue weighted by atomic mass is 32.2. The fraction of sp³-hybridized carbons (Fsp3) is 0.240. The number of carbonyl (C=O) groups is 1. The molecule has 3 rings (SSSR count). The molecule has 174 valence electrons. The van der Waals surface area contributed by atoms with E-state index in [1.54, 1.807) is 42.5 Å². The van der Waals surface area contributed by atoms with E-state index in [4.69, 9.17) is 9.47 Å². The molecular weight excluding hydrogens is 440 g/mol. The van der Waals surface area contributed by atoms with Crippen molar-refractivity contribution >= 4 is 21.6 Å². The fourth-order valence-corrected chi connectivity index (χ4v) is 4.62. The molecule has 0 spiro atoms. The molecule has 0 heterocycles. The standard InChI is InChI=1S/C25H28N2O5S/c1-19(2)32-23-12-7-9-20(15-23)17-26-25(28)18-27(21-10-8-11-22(16-21)31-3)33(29,30)24-13-5-4-6-14-24/h4-16,19H,17-18H2,1-3H3,(H,26,28). The minimum atomic E-state index is -3.98. The number of hydrogen-bond donors (Lipinski definition) is 1. The van der Waals surface area contributed by atoms with Crippen LogP contribution in [-0.2, 0) is 21.4 Å². The third-order valence-electron chi connectivity index (χ3n) is 4.72. The second kappa shape index (κ2) is 10.9. The minimum absolute atomic E-state index is 0.0365. The van der Waals surface area contributed by atoms with Crippen molar-refractivity contribution < 1.29 is 22.7 Å². The van der Waals surface area contributed by atoms with Gasteiger partial charge in [0.25, 0.3) is 10.0 Å². The van der Waals surface area contributed by atoms with Crippen molar-refractivity contribution in [2.45, 2.75) is 31.4 Å². The van der Waals surface area contributed by atoms with Crippen LogP contribution in [0.3, 0.4) is 0 Å². The summed E-state index contributed by atoms with van der Waals surface area (Å²) in [5.41, 5.74) is 1.18.